The van der Waals surface area contributed by atoms with Gasteiger partial charge in [0.15, 0.2) is 0 Å². The summed E-state index contributed by atoms with van der Waals surface area (Å²) in [4.78, 5) is 11.8. The summed E-state index contributed by atoms with van der Waals surface area (Å²) < 4.78 is 1.80. The summed E-state index contributed by atoms with van der Waals surface area (Å²) in [5.74, 6) is 0. The number of nitrogens with one attached hydrogen (secondary N) is 2. The Balaban J connectivity index is 1.93. The van der Waals surface area contributed by atoms with Crippen LogP contribution in [-0.2, 0) is 6.54 Å². The lowest BCUT2D eigenvalue weighted by Crippen LogP contribution is -2.41. The summed E-state index contributed by atoms with van der Waals surface area (Å²) in [5, 5.41) is 10.1. The molecule has 0 fully saturated rings. The third-order valence-corrected chi connectivity index (χ3v) is 3.27. The van der Waals surface area contributed by atoms with Crippen molar-refractivity contribution in [3.8, 4) is 0 Å². The van der Waals surface area contributed by atoms with Crippen molar-refractivity contribution in [3.05, 3.63) is 36.2 Å². The number of amides is 2. The van der Waals surface area contributed by atoms with Gasteiger partial charge in [-0.3, -0.25) is 0 Å². The minimum atomic E-state index is -0.121. The van der Waals surface area contributed by atoms with E-state index in [-0.39, 0.29) is 12.1 Å². The molecule has 102 valence electrons. The van der Waals surface area contributed by atoms with Crippen molar-refractivity contribution < 1.29 is 4.79 Å². The third kappa shape index (κ3) is 3.24. The first-order valence-corrected chi connectivity index (χ1v) is 6.70. The molecule has 0 spiro atoms. The molecular weight excluding hydrogens is 240 g/mol. The minimum Gasteiger partial charge on any atom is -0.335 e. The van der Waals surface area contributed by atoms with Crippen molar-refractivity contribution in [2.24, 2.45) is 0 Å². The molecule has 2 rings (SSSR count). The van der Waals surface area contributed by atoms with Crippen LogP contribution in [0, 0.1) is 0 Å². The number of fused-ring (bicyclic) bond motifs is 1. The summed E-state index contributed by atoms with van der Waals surface area (Å²) in [7, 11) is 0. The number of nitrogens with zero attached hydrogens (tertiary/aromatic N) is 2. The maximum atomic E-state index is 11.8. The van der Waals surface area contributed by atoms with E-state index in [1.165, 1.54) is 0 Å². The summed E-state index contributed by atoms with van der Waals surface area (Å²) in [5.41, 5.74) is 2.03. The first-order chi connectivity index (χ1) is 9.24. The lowest BCUT2D eigenvalue weighted by atomic mass is 10.2. The second-order valence-corrected chi connectivity index (χ2v) is 4.54. The van der Waals surface area contributed by atoms with Gasteiger partial charge in [0.05, 0.1) is 11.7 Å². The van der Waals surface area contributed by atoms with Crippen LogP contribution < -0.4 is 10.6 Å². The Morgan fingerprint density at radius 1 is 1.37 bits per heavy atom. The van der Waals surface area contributed by atoms with Crippen LogP contribution in [0.1, 0.15) is 32.3 Å². The number of urea groups is 1. The molecule has 2 aromatic rings. The molecule has 0 aliphatic heterocycles. The lowest BCUT2D eigenvalue weighted by Gasteiger charge is -2.15. The van der Waals surface area contributed by atoms with Gasteiger partial charge in [0.2, 0.25) is 0 Å². The van der Waals surface area contributed by atoms with Crippen LogP contribution in [0.3, 0.4) is 0 Å². The van der Waals surface area contributed by atoms with E-state index < -0.39 is 0 Å². The van der Waals surface area contributed by atoms with Crippen LogP contribution in [0.25, 0.3) is 5.52 Å². The maximum Gasteiger partial charge on any atom is 0.315 e. The van der Waals surface area contributed by atoms with Crippen LogP contribution in [0.15, 0.2) is 30.6 Å². The van der Waals surface area contributed by atoms with E-state index in [0.717, 1.165) is 23.9 Å². The first-order valence-electron chi connectivity index (χ1n) is 6.70. The summed E-state index contributed by atoms with van der Waals surface area (Å²) in [6.45, 7) is 4.62. The largest absolute Gasteiger partial charge is 0.335 e. The van der Waals surface area contributed by atoms with Crippen LogP contribution in [0.2, 0.25) is 0 Å². The molecule has 2 amide bonds. The Morgan fingerprint density at radius 3 is 2.89 bits per heavy atom. The molecule has 0 atom stereocenters. The molecule has 0 bridgehead atoms. The Morgan fingerprint density at radius 2 is 2.16 bits per heavy atom. The van der Waals surface area contributed by atoms with E-state index in [0.29, 0.717) is 6.54 Å². The molecule has 0 unspecified atom stereocenters. The van der Waals surface area contributed by atoms with Gasteiger partial charge in [0.25, 0.3) is 0 Å². The van der Waals surface area contributed by atoms with Gasteiger partial charge in [-0.05, 0) is 25.0 Å². The van der Waals surface area contributed by atoms with Gasteiger partial charge in [-0.15, -0.1) is 0 Å². The van der Waals surface area contributed by atoms with Gasteiger partial charge in [-0.1, -0.05) is 19.9 Å². The molecule has 0 saturated carbocycles. The molecule has 2 aromatic heterocycles. The van der Waals surface area contributed by atoms with Gasteiger partial charge in [-0.25, -0.2) is 9.31 Å². The number of carbonyl (C=O) groups is 1. The van der Waals surface area contributed by atoms with E-state index in [9.17, 15) is 4.79 Å². The predicted molar refractivity (Wildman–Crippen MR) is 74.9 cm³/mol. The number of rotatable bonds is 5. The number of hydrogen-bond acceptors (Lipinski definition) is 2. The van der Waals surface area contributed by atoms with Crippen molar-refractivity contribution in [1.82, 2.24) is 20.2 Å². The highest BCUT2D eigenvalue weighted by atomic mass is 16.2. The molecule has 19 heavy (non-hydrogen) atoms. The van der Waals surface area contributed by atoms with Gasteiger partial charge >= 0.3 is 6.03 Å². The molecule has 0 aromatic carbocycles. The van der Waals surface area contributed by atoms with Gasteiger partial charge < -0.3 is 10.6 Å². The summed E-state index contributed by atoms with van der Waals surface area (Å²) in [6, 6.07) is 6.00. The van der Waals surface area contributed by atoms with Crippen LogP contribution in [0.5, 0.6) is 0 Å². The average Bonchev–Trinajstić information content (AvgIpc) is 2.86. The zero-order chi connectivity index (χ0) is 13.7. The molecule has 0 aliphatic rings. The fourth-order valence-electron chi connectivity index (χ4n) is 2.03. The fourth-order valence-corrected chi connectivity index (χ4v) is 2.03. The maximum absolute atomic E-state index is 11.8. The van der Waals surface area contributed by atoms with E-state index in [2.05, 4.69) is 29.6 Å². The van der Waals surface area contributed by atoms with Gasteiger partial charge in [0.1, 0.15) is 0 Å². The zero-order valence-electron chi connectivity index (χ0n) is 11.4. The quantitative estimate of drug-likeness (QED) is 0.866. The van der Waals surface area contributed by atoms with Crippen LogP contribution >= 0.6 is 0 Å². The highest BCUT2D eigenvalue weighted by molar-refractivity contribution is 5.74. The third-order valence-electron chi connectivity index (χ3n) is 3.27. The average molecular weight is 260 g/mol. The smallest absolute Gasteiger partial charge is 0.315 e. The standard InChI is InChI=1S/C14H20N4O/c1-3-12(4-2)17-14(19)15-9-11-10-16-18-8-6-5-7-13(11)18/h5-8,10,12H,3-4,9H2,1-2H3,(H2,15,17,19). The summed E-state index contributed by atoms with van der Waals surface area (Å²) >= 11 is 0. The van der Waals surface area contributed by atoms with Gasteiger partial charge in [-0.2, -0.15) is 5.10 Å². The van der Waals surface area contributed by atoms with E-state index in [4.69, 9.17) is 0 Å². The molecule has 2 N–H and O–H groups in total. The van der Waals surface area contributed by atoms with Crippen LogP contribution in [0.4, 0.5) is 4.79 Å². The first kappa shape index (κ1) is 13.4. The second-order valence-electron chi connectivity index (χ2n) is 4.54. The Labute approximate surface area is 113 Å². The number of hydrogen-bond donors (Lipinski definition) is 2. The number of carbonyl (C=O) groups excluding carboxylic acids is 1. The lowest BCUT2D eigenvalue weighted by molar-refractivity contribution is 0.236. The molecule has 5 heteroatoms. The SMILES string of the molecule is CCC(CC)NC(=O)NCc1cnn2ccccc12. The van der Waals surface area contributed by atoms with Crippen LogP contribution in [-0.4, -0.2) is 21.7 Å². The summed E-state index contributed by atoms with van der Waals surface area (Å²) in [6.07, 6.45) is 5.57. The zero-order valence-corrected chi connectivity index (χ0v) is 11.4. The molecule has 2 heterocycles. The predicted octanol–water partition coefficient (Wildman–Crippen LogP) is 2.32. The van der Waals surface area contributed by atoms with Crippen molar-refractivity contribution in [1.29, 1.82) is 0 Å². The molecule has 0 aliphatic carbocycles. The minimum absolute atomic E-state index is 0.121. The number of pyridine rings is 1. The molecule has 0 radical (unpaired) electrons. The molecular formula is C14H20N4O. The Bertz CT molecular complexity index is 545. The Hall–Kier alpha value is -2.04. The topological polar surface area (TPSA) is 58.4 Å². The van der Waals surface area contributed by atoms with E-state index in [1.807, 2.05) is 24.4 Å². The van der Waals surface area contributed by atoms with Crippen molar-refractivity contribution in [3.63, 3.8) is 0 Å². The second kappa shape index (κ2) is 6.22. The highest BCUT2D eigenvalue weighted by Crippen LogP contribution is 2.09. The van der Waals surface area contributed by atoms with Gasteiger partial charge in [0, 0.05) is 24.3 Å². The van der Waals surface area contributed by atoms with Crippen molar-refractivity contribution in [2.75, 3.05) is 0 Å². The fraction of sp³-hybridized carbons (Fsp3) is 0.429. The van der Waals surface area contributed by atoms with E-state index >= 15 is 0 Å². The van der Waals surface area contributed by atoms with Crippen molar-refractivity contribution in [2.45, 2.75) is 39.3 Å². The monoisotopic (exact) mass is 260 g/mol. The Kier molecular flexibility index (Phi) is 4.39. The molecule has 5 nitrogen and oxygen atoms in total. The highest BCUT2D eigenvalue weighted by Gasteiger charge is 2.09. The normalized spacial score (nSPS) is 10.9. The number of aromatic nitrogens is 2. The van der Waals surface area contributed by atoms with Crippen molar-refractivity contribution >= 4 is 11.5 Å². The molecule has 0 saturated heterocycles. The van der Waals surface area contributed by atoms with E-state index in [1.54, 1.807) is 10.7 Å².